The van der Waals surface area contributed by atoms with E-state index in [4.69, 9.17) is 0 Å². The van der Waals surface area contributed by atoms with Gasteiger partial charge in [-0.1, -0.05) is 6.08 Å². The molecule has 0 heterocycles. The summed E-state index contributed by atoms with van der Waals surface area (Å²) in [5.41, 5.74) is 0.584. The second-order valence-electron chi connectivity index (χ2n) is 3.76. The van der Waals surface area contributed by atoms with Crippen molar-refractivity contribution >= 4 is 44.0 Å². The molecule has 1 amide bonds. The number of nitrogens with one attached hydrogen (secondary N) is 1. The first kappa shape index (κ1) is 15.2. The predicted molar refractivity (Wildman–Crippen MR) is 81.2 cm³/mol. The number of sulfone groups is 1. The van der Waals surface area contributed by atoms with Gasteiger partial charge in [-0.15, -0.1) is 6.58 Å². The largest absolute Gasteiger partial charge is 0.325 e. The van der Waals surface area contributed by atoms with Crippen molar-refractivity contribution in [3.05, 3.63) is 40.5 Å². The van der Waals surface area contributed by atoms with E-state index in [1.54, 1.807) is 12.1 Å². The van der Waals surface area contributed by atoms with Crippen LogP contribution in [0.15, 0.2) is 36.9 Å². The van der Waals surface area contributed by atoms with Crippen molar-refractivity contribution in [2.24, 2.45) is 0 Å². The summed E-state index contributed by atoms with van der Waals surface area (Å²) in [6.07, 6.45) is 1.28. The smallest absolute Gasteiger partial charge is 0.242 e. The molecule has 1 aromatic carbocycles. The molecular weight excluding hydrogens is 365 g/mol. The van der Waals surface area contributed by atoms with Crippen LogP contribution in [0.3, 0.4) is 0 Å². The van der Waals surface area contributed by atoms with Crippen molar-refractivity contribution in [2.45, 2.75) is 12.2 Å². The Morgan fingerprint density at radius 2 is 2.00 bits per heavy atom. The number of hydrogen-bond donors (Lipinski definition) is 1. The number of benzene rings is 1. The molecule has 0 radical (unpaired) electrons. The van der Waals surface area contributed by atoms with Gasteiger partial charge in [0.1, 0.15) is 5.25 Å². The second-order valence-corrected chi connectivity index (χ2v) is 7.37. The normalized spacial score (nSPS) is 12.8. The lowest BCUT2D eigenvalue weighted by Gasteiger charge is -2.12. The highest BCUT2D eigenvalue weighted by Crippen LogP contribution is 2.13. The zero-order chi connectivity index (χ0) is 13.8. The van der Waals surface area contributed by atoms with Crippen LogP contribution in [0.4, 0.5) is 5.69 Å². The van der Waals surface area contributed by atoms with Gasteiger partial charge in [0.25, 0.3) is 0 Å². The summed E-state index contributed by atoms with van der Waals surface area (Å²) >= 11 is 2.15. The Morgan fingerprint density at radius 1 is 1.44 bits per heavy atom. The van der Waals surface area contributed by atoms with E-state index in [0.717, 1.165) is 3.57 Å². The highest BCUT2D eigenvalue weighted by molar-refractivity contribution is 14.1. The van der Waals surface area contributed by atoms with E-state index in [1.807, 2.05) is 12.1 Å². The van der Waals surface area contributed by atoms with Crippen molar-refractivity contribution in [3.63, 3.8) is 0 Å². The summed E-state index contributed by atoms with van der Waals surface area (Å²) in [4.78, 5) is 11.8. The maximum Gasteiger partial charge on any atom is 0.242 e. The summed E-state index contributed by atoms with van der Waals surface area (Å²) in [7, 11) is -3.47. The maximum atomic E-state index is 11.8. The van der Waals surface area contributed by atoms with E-state index < -0.39 is 21.0 Å². The highest BCUT2D eigenvalue weighted by atomic mass is 127. The van der Waals surface area contributed by atoms with Gasteiger partial charge in [0, 0.05) is 9.26 Å². The van der Waals surface area contributed by atoms with Gasteiger partial charge in [0.2, 0.25) is 5.91 Å². The Morgan fingerprint density at radius 3 is 2.50 bits per heavy atom. The minimum Gasteiger partial charge on any atom is -0.325 e. The van der Waals surface area contributed by atoms with Crippen LogP contribution < -0.4 is 5.32 Å². The molecule has 0 aromatic heterocycles. The van der Waals surface area contributed by atoms with Gasteiger partial charge >= 0.3 is 0 Å². The highest BCUT2D eigenvalue weighted by Gasteiger charge is 2.26. The first-order valence-corrected chi connectivity index (χ1v) is 8.05. The molecule has 18 heavy (non-hydrogen) atoms. The zero-order valence-corrected chi connectivity index (χ0v) is 12.9. The average Bonchev–Trinajstić information content (AvgIpc) is 2.31. The van der Waals surface area contributed by atoms with Gasteiger partial charge in [-0.05, 0) is 53.8 Å². The van der Waals surface area contributed by atoms with Gasteiger partial charge in [-0.2, -0.15) is 0 Å². The van der Waals surface area contributed by atoms with Gasteiger partial charge in [0.15, 0.2) is 9.84 Å². The fourth-order valence-electron chi connectivity index (χ4n) is 1.25. The van der Waals surface area contributed by atoms with Crippen molar-refractivity contribution in [2.75, 3.05) is 11.1 Å². The molecule has 1 unspecified atom stereocenters. The SMILES string of the molecule is C=CCS(=O)(=O)C(C)C(=O)Nc1ccc(I)cc1. The number of amides is 1. The molecule has 0 aliphatic heterocycles. The molecule has 1 aromatic rings. The molecule has 0 spiro atoms. The second kappa shape index (κ2) is 6.33. The van der Waals surface area contributed by atoms with E-state index in [0.29, 0.717) is 5.69 Å². The van der Waals surface area contributed by atoms with Crippen LogP contribution in [0, 0.1) is 3.57 Å². The summed E-state index contributed by atoms with van der Waals surface area (Å²) in [5.74, 6) is -0.730. The average molecular weight is 379 g/mol. The van der Waals surface area contributed by atoms with Crippen LogP contribution in [0.2, 0.25) is 0 Å². The zero-order valence-electron chi connectivity index (χ0n) is 9.89. The first-order valence-electron chi connectivity index (χ1n) is 5.25. The Labute approximate surface area is 121 Å². The van der Waals surface area contributed by atoms with Crippen molar-refractivity contribution in [1.82, 2.24) is 0 Å². The number of rotatable bonds is 5. The van der Waals surface area contributed by atoms with Crippen molar-refractivity contribution in [3.8, 4) is 0 Å². The number of carbonyl (C=O) groups excluding carboxylic acids is 1. The minimum atomic E-state index is -3.47. The Hall–Kier alpha value is -0.890. The summed E-state index contributed by atoms with van der Waals surface area (Å²) in [6.45, 7) is 4.75. The van der Waals surface area contributed by atoms with E-state index in [9.17, 15) is 13.2 Å². The summed E-state index contributed by atoms with van der Waals surface area (Å²) < 4.78 is 24.4. The summed E-state index contributed by atoms with van der Waals surface area (Å²) in [5, 5.41) is 1.49. The van der Waals surface area contributed by atoms with Gasteiger partial charge < -0.3 is 5.32 Å². The molecule has 6 heteroatoms. The molecule has 0 saturated carbocycles. The van der Waals surface area contributed by atoms with Crippen LogP contribution >= 0.6 is 22.6 Å². The summed E-state index contributed by atoms with van der Waals surface area (Å²) in [6, 6.07) is 7.12. The number of halogens is 1. The van der Waals surface area contributed by atoms with Crippen LogP contribution in [-0.2, 0) is 14.6 Å². The standard InChI is InChI=1S/C12H14INO3S/c1-3-8-18(16,17)9(2)12(15)14-11-6-4-10(13)5-7-11/h3-7,9H,1,8H2,2H3,(H,14,15). The predicted octanol–water partition coefficient (Wildman–Crippen LogP) is 2.22. The van der Waals surface area contributed by atoms with Gasteiger partial charge in [-0.25, -0.2) is 8.42 Å². The quantitative estimate of drug-likeness (QED) is 0.631. The lowest BCUT2D eigenvalue weighted by atomic mass is 10.3. The van der Waals surface area contributed by atoms with Crippen LogP contribution in [0.25, 0.3) is 0 Å². The van der Waals surface area contributed by atoms with E-state index in [2.05, 4.69) is 34.5 Å². The lowest BCUT2D eigenvalue weighted by Crippen LogP contribution is -2.33. The Balaban J connectivity index is 2.77. The minimum absolute atomic E-state index is 0.200. The molecule has 1 N–H and O–H groups in total. The molecular formula is C12H14INO3S. The molecule has 0 aliphatic rings. The van der Waals surface area contributed by atoms with E-state index in [-0.39, 0.29) is 5.75 Å². The molecule has 4 nitrogen and oxygen atoms in total. The maximum absolute atomic E-state index is 11.8. The Bertz CT molecular complexity index is 537. The molecule has 0 aliphatic carbocycles. The van der Waals surface area contributed by atoms with E-state index >= 15 is 0 Å². The molecule has 1 atom stereocenters. The van der Waals surface area contributed by atoms with Crippen LogP contribution in [0.5, 0.6) is 0 Å². The van der Waals surface area contributed by atoms with Crippen molar-refractivity contribution < 1.29 is 13.2 Å². The fraction of sp³-hybridized carbons (Fsp3) is 0.250. The molecule has 98 valence electrons. The van der Waals surface area contributed by atoms with Crippen LogP contribution in [0.1, 0.15) is 6.92 Å². The molecule has 0 fully saturated rings. The third-order valence-electron chi connectivity index (χ3n) is 2.37. The van der Waals surface area contributed by atoms with Gasteiger partial charge in [0.05, 0.1) is 5.75 Å². The van der Waals surface area contributed by atoms with E-state index in [1.165, 1.54) is 13.0 Å². The first-order chi connectivity index (χ1) is 8.36. The third kappa shape index (κ3) is 4.09. The fourth-order valence-corrected chi connectivity index (χ4v) is 2.61. The third-order valence-corrected chi connectivity index (χ3v) is 5.08. The number of hydrogen-bond acceptors (Lipinski definition) is 3. The molecule has 0 bridgehead atoms. The lowest BCUT2D eigenvalue weighted by molar-refractivity contribution is -0.115. The van der Waals surface area contributed by atoms with Crippen LogP contribution in [-0.4, -0.2) is 25.3 Å². The molecule has 0 saturated heterocycles. The number of carbonyl (C=O) groups is 1. The van der Waals surface area contributed by atoms with Gasteiger partial charge in [-0.3, -0.25) is 4.79 Å². The molecule has 1 rings (SSSR count). The van der Waals surface area contributed by atoms with Crippen molar-refractivity contribution in [1.29, 1.82) is 0 Å². The monoisotopic (exact) mass is 379 g/mol. The topological polar surface area (TPSA) is 63.2 Å². The Kier molecular flexibility index (Phi) is 5.33. The number of anilines is 1.